The fraction of sp³-hybridized carbons (Fsp3) is 0.556. The van der Waals surface area contributed by atoms with E-state index < -0.39 is 0 Å². The van der Waals surface area contributed by atoms with Crippen LogP contribution in [-0.2, 0) is 0 Å². The number of anilines is 2. The molecule has 1 aromatic rings. The van der Waals surface area contributed by atoms with Gasteiger partial charge in [-0.05, 0) is 20.1 Å². The molecule has 4 nitrogen and oxygen atoms in total. The molecule has 1 aromatic heterocycles. The van der Waals surface area contributed by atoms with E-state index in [1.165, 1.54) is 0 Å². The lowest BCUT2D eigenvalue weighted by atomic mass is 10.5. The molecule has 1 heterocycles. The van der Waals surface area contributed by atoms with Crippen molar-refractivity contribution in [2.24, 2.45) is 0 Å². The summed E-state index contributed by atoms with van der Waals surface area (Å²) in [5.41, 5.74) is 0.813. The van der Waals surface area contributed by atoms with E-state index in [1.807, 2.05) is 20.1 Å². The minimum atomic E-state index is 0.465. The molecule has 0 aliphatic heterocycles. The van der Waals surface area contributed by atoms with Crippen LogP contribution in [0.2, 0.25) is 5.15 Å². The Kier molecular flexibility index (Phi) is 4.98. The van der Waals surface area contributed by atoms with Crippen LogP contribution in [0.3, 0.4) is 0 Å². The molecule has 15 heavy (non-hydrogen) atoms. The summed E-state index contributed by atoms with van der Waals surface area (Å²) in [4.78, 5) is 8.51. The first-order chi connectivity index (χ1) is 7.22. The number of hydrogen-bond donors (Lipinski definition) is 2. The lowest BCUT2D eigenvalue weighted by Gasteiger charge is -2.11. The molecule has 0 aliphatic rings. The van der Waals surface area contributed by atoms with Crippen molar-refractivity contribution in [3.8, 4) is 0 Å². The molecular formula is C9H15ClN4S. The number of hydrogen-bond acceptors (Lipinski definition) is 5. The van der Waals surface area contributed by atoms with Crippen LogP contribution >= 0.6 is 23.4 Å². The number of thioether (sulfide) groups is 1. The highest BCUT2D eigenvalue weighted by Gasteiger charge is 2.11. The van der Waals surface area contributed by atoms with E-state index in [9.17, 15) is 0 Å². The molecule has 0 radical (unpaired) electrons. The second-order valence-electron chi connectivity index (χ2n) is 2.78. The summed E-state index contributed by atoms with van der Waals surface area (Å²) >= 11 is 7.61. The number of rotatable bonds is 5. The van der Waals surface area contributed by atoms with Crippen molar-refractivity contribution in [2.45, 2.75) is 18.9 Å². The Balaban J connectivity index is 3.06. The van der Waals surface area contributed by atoms with E-state index in [1.54, 1.807) is 11.8 Å². The van der Waals surface area contributed by atoms with E-state index in [0.717, 1.165) is 23.8 Å². The van der Waals surface area contributed by atoms with Gasteiger partial charge >= 0.3 is 0 Å². The van der Waals surface area contributed by atoms with Gasteiger partial charge in [0, 0.05) is 13.1 Å². The van der Waals surface area contributed by atoms with Gasteiger partial charge in [-0.2, -0.15) is 4.98 Å². The van der Waals surface area contributed by atoms with Gasteiger partial charge in [-0.1, -0.05) is 11.6 Å². The Morgan fingerprint density at radius 1 is 1.20 bits per heavy atom. The molecular weight excluding hydrogens is 232 g/mol. The first kappa shape index (κ1) is 12.4. The van der Waals surface area contributed by atoms with Gasteiger partial charge in [-0.15, -0.1) is 11.8 Å². The lowest BCUT2D eigenvalue weighted by Crippen LogP contribution is -2.07. The Morgan fingerprint density at radius 2 is 1.87 bits per heavy atom. The molecule has 0 unspecified atom stereocenters. The van der Waals surface area contributed by atoms with Crippen molar-refractivity contribution >= 4 is 35.0 Å². The predicted molar refractivity (Wildman–Crippen MR) is 67.2 cm³/mol. The molecule has 2 N–H and O–H groups in total. The van der Waals surface area contributed by atoms with Crippen molar-refractivity contribution in [1.29, 1.82) is 0 Å². The molecule has 84 valence electrons. The van der Waals surface area contributed by atoms with Crippen molar-refractivity contribution in [2.75, 3.05) is 30.0 Å². The van der Waals surface area contributed by atoms with E-state index in [2.05, 4.69) is 20.6 Å². The first-order valence-corrected chi connectivity index (χ1v) is 6.42. The van der Waals surface area contributed by atoms with Crippen molar-refractivity contribution < 1.29 is 0 Å². The minimum absolute atomic E-state index is 0.465. The maximum absolute atomic E-state index is 6.06. The number of nitrogens with one attached hydrogen (secondary N) is 2. The summed E-state index contributed by atoms with van der Waals surface area (Å²) in [6.45, 7) is 5.59. The van der Waals surface area contributed by atoms with Crippen LogP contribution in [0.5, 0.6) is 0 Å². The van der Waals surface area contributed by atoms with Crippen LogP contribution in [0, 0.1) is 0 Å². The van der Waals surface area contributed by atoms with Gasteiger partial charge in [0.05, 0.1) is 0 Å². The van der Waals surface area contributed by atoms with Gasteiger partial charge in [0.15, 0.2) is 5.15 Å². The predicted octanol–water partition coefficient (Wildman–Crippen LogP) is 2.72. The van der Waals surface area contributed by atoms with E-state index >= 15 is 0 Å². The zero-order chi connectivity index (χ0) is 11.3. The summed E-state index contributed by atoms with van der Waals surface area (Å²) in [7, 11) is 0. The third-order valence-electron chi connectivity index (χ3n) is 1.71. The normalized spacial score (nSPS) is 10.1. The zero-order valence-electron chi connectivity index (χ0n) is 9.09. The SMILES string of the molecule is CCNc1nc(Cl)c(NCC)c(SC)n1. The summed E-state index contributed by atoms with van der Waals surface area (Å²) in [5, 5.41) is 7.54. The molecule has 0 aromatic carbocycles. The van der Waals surface area contributed by atoms with Crippen LogP contribution < -0.4 is 10.6 Å². The molecule has 0 saturated heterocycles. The Hall–Kier alpha value is -0.680. The van der Waals surface area contributed by atoms with Crippen molar-refractivity contribution in [3.63, 3.8) is 0 Å². The van der Waals surface area contributed by atoms with Crippen LogP contribution in [0.15, 0.2) is 5.03 Å². The quantitative estimate of drug-likeness (QED) is 0.618. The zero-order valence-corrected chi connectivity index (χ0v) is 10.7. The Bertz CT molecular complexity index is 332. The Labute approximate surface area is 99.2 Å². The molecule has 0 fully saturated rings. The molecule has 0 amide bonds. The average Bonchev–Trinajstić information content (AvgIpc) is 2.22. The number of aromatic nitrogens is 2. The molecule has 0 atom stereocenters. The van der Waals surface area contributed by atoms with Crippen LogP contribution in [0.4, 0.5) is 11.6 Å². The topological polar surface area (TPSA) is 49.8 Å². The lowest BCUT2D eigenvalue weighted by molar-refractivity contribution is 1.01. The largest absolute Gasteiger partial charge is 0.381 e. The Morgan fingerprint density at radius 3 is 2.40 bits per heavy atom. The number of halogens is 1. The number of nitrogens with zero attached hydrogens (tertiary/aromatic N) is 2. The van der Waals surface area contributed by atoms with Crippen molar-refractivity contribution in [3.05, 3.63) is 5.15 Å². The molecule has 0 spiro atoms. The monoisotopic (exact) mass is 246 g/mol. The van der Waals surface area contributed by atoms with Gasteiger partial charge in [0.2, 0.25) is 5.95 Å². The van der Waals surface area contributed by atoms with Gasteiger partial charge in [0.1, 0.15) is 10.7 Å². The fourth-order valence-electron chi connectivity index (χ4n) is 1.12. The minimum Gasteiger partial charge on any atom is -0.381 e. The highest BCUT2D eigenvalue weighted by atomic mass is 35.5. The highest BCUT2D eigenvalue weighted by Crippen LogP contribution is 2.30. The van der Waals surface area contributed by atoms with Gasteiger partial charge < -0.3 is 10.6 Å². The summed E-state index contributed by atoms with van der Waals surface area (Å²) in [6.07, 6.45) is 1.97. The third kappa shape index (κ3) is 3.14. The first-order valence-electron chi connectivity index (χ1n) is 4.82. The van der Waals surface area contributed by atoms with E-state index in [-0.39, 0.29) is 0 Å². The molecule has 0 saturated carbocycles. The fourth-order valence-corrected chi connectivity index (χ4v) is 1.97. The van der Waals surface area contributed by atoms with Gasteiger partial charge in [0.25, 0.3) is 0 Å². The van der Waals surface area contributed by atoms with Crippen LogP contribution in [0.1, 0.15) is 13.8 Å². The molecule has 6 heteroatoms. The second kappa shape index (κ2) is 6.02. The van der Waals surface area contributed by atoms with Crippen molar-refractivity contribution in [1.82, 2.24) is 9.97 Å². The summed E-state index contributed by atoms with van der Waals surface area (Å²) in [5.74, 6) is 0.577. The third-order valence-corrected chi connectivity index (χ3v) is 2.67. The van der Waals surface area contributed by atoms with E-state index in [0.29, 0.717) is 11.1 Å². The summed E-state index contributed by atoms with van der Waals surface area (Å²) < 4.78 is 0. The highest BCUT2D eigenvalue weighted by molar-refractivity contribution is 7.98. The second-order valence-corrected chi connectivity index (χ2v) is 3.94. The molecule has 0 bridgehead atoms. The summed E-state index contributed by atoms with van der Waals surface area (Å²) in [6, 6.07) is 0. The molecule has 0 aliphatic carbocycles. The maximum Gasteiger partial charge on any atom is 0.225 e. The van der Waals surface area contributed by atoms with Crippen LogP contribution in [0.25, 0.3) is 0 Å². The van der Waals surface area contributed by atoms with E-state index in [4.69, 9.17) is 11.6 Å². The van der Waals surface area contributed by atoms with Gasteiger partial charge in [-0.25, -0.2) is 4.98 Å². The average molecular weight is 247 g/mol. The smallest absolute Gasteiger partial charge is 0.225 e. The van der Waals surface area contributed by atoms with Gasteiger partial charge in [-0.3, -0.25) is 0 Å². The standard InChI is InChI=1S/C9H15ClN4S/c1-4-11-6-7(10)13-9(12-5-2)14-8(6)15-3/h11H,4-5H2,1-3H3,(H,12,13,14). The maximum atomic E-state index is 6.06. The molecule has 1 rings (SSSR count). The van der Waals surface area contributed by atoms with Crippen LogP contribution in [-0.4, -0.2) is 29.3 Å².